The van der Waals surface area contributed by atoms with Gasteiger partial charge in [-0.05, 0) is 37.3 Å². The van der Waals surface area contributed by atoms with Crippen LogP contribution < -0.4 is 5.32 Å². The van der Waals surface area contributed by atoms with E-state index in [4.69, 9.17) is 0 Å². The molecule has 5 heteroatoms. The molecule has 2 aliphatic rings. The molecule has 3 atom stereocenters. The van der Waals surface area contributed by atoms with Crippen LogP contribution in [0.5, 0.6) is 0 Å². The van der Waals surface area contributed by atoms with Gasteiger partial charge in [0, 0.05) is 58.9 Å². The Morgan fingerprint density at radius 2 is 1.86 bits per heavy atom. The van der Waals surface area contributed by atoms with Gasteiger partial charge in [-0.2, -0.15) is 0 Å². The molecule has 0 amide bonds. The van der Waals surface area contributed by atoms with Crippen molar-refractivity contribution in [3.8, 4) is 0 Å². The summed E-state index contributed by atoms with van der Waals surface area (Å²) in [6.07, 6.45) is 1.19. The van der Waals surface area contributed by atoms with Crippen molar-refractivity contribution in [2.24, 2.45) is 10.9 Å². The zero-order valence-electron chi connectivity index (χ0n) is 18.3. The second-order valence-corrected chi connectivity index (χ2v) is 8.48. The van der Waals surface area contributed by atoms with Crippen LogP contribution >= 0.6 is 0 Å². The van der Waals surface area contributed by atoms with Gasteiger partial charge < -0.3 is 15.1 Å². The minimum atomic E-state index is 0.537. The fraction of sp³-hybridized carbons (Fsp3) is 0.696. The molecular formula is C23H39N5. The zero-order valence-corrected chi connectivity index (χ0v) is 18.3. The molecule has 0 saturated carbocycles. The predicted molar refractivity (Wildman–Crippen MR) is 119 cm³/mol. The van der Waals surface area contributed by atoms with Crippen molar-refractivity contribution in [2.45, 2.75) is 39.2 Å². The van der Waals surface area contributed by atoms with Crippen LogP contribution in [0.4, 0.5) is 0 Å². The Kier molecular flexibility index (Phi) is 7.74. The number of nitrogens with zero attached hydrogens (tertiary/aromatic N) is 4. The molecule has 2 heterocycles. The van der Waals surface area contributed by atoms with Gasteiger partial charge in [-0.3, -0.25) is 9.89 Å². The van der Waals surface area contributed by atoms with Gasteiger partial charge in [-0.1, -0.05) is 44.2 Å². The van der Waals surface area contributed by atoms with E-state index in [1.54, 1.807) is 0 Å². The van der Waals surface area contributed by atoms with E-state index in [-0.39, 0.29) is 0 Å². The van der Waals surface area contributed by atoms with E-state index in [1.807, 2.05) is 7.05 Å². The second kappa shape index (κ2) is 10.3. The van der Waals surface area contributed by atoms with Gasteiger partial charge >= 0.3 is 0 Å². The Bertz CT molecular complexity index is 609. The van der Waals surface area contributed by atoms with E-state index in [0.717, 1.165) is 25.6 Å². The first-order valence-electron chi connectivity index (χ1n) is 11.1. The summed E-state index contributed by atoms with van der Waals surface area (Å²) in [6, 6.07) is 11.5. The SMILES string of the molecule is CCN1CCN(C(C)CNC(=NC)N2CCC(c3ccccc3)C(C)C2)CC1. The highest BCUT2D eigenvalue weighted by atomic mass is 15.3. The lowest BCUT2D eigenvalue weighted by molar-refractivity contribution is 0.106. The lowest BCUT2D eigenvalue weighted by Crippen LogP contribution is -2.54. The maximum atomic E-state index is 4.59. The summed E-state index contributed by atoms with van der Waals surface area (Å²) < 4.78 is 0. The molecule has 0 aliphatic carbocycles. The Morgan fingerprint density at radius 1 is 1.14 bits per heavy atom. The van der Waals surface area contributed by atoms with Crippen LogP contribution in [0, 0.1) is 5.92 Å². The third-order valence-corrected chi connectivity index (χ3v) is 6.68. The lowest BCUT2D eigenvalue weighted by Gasteiger charge is -2.40. The fourth-order valence-electron chi connectivity index (χ4n) is 4.75. The third kappa shape index (κ3) is 5.26. The lowest BCUT2D eigenvalue weighted by atomic mass is 9.82. The molecule has 1 N–H and O–H groups in total. The Labute approximate surface area is 171 Å². The van der Waals surface area contributed by atoms with Crippen molar-refractivity contribution in [3.63, 3.8) is 0 Å². The summed E-state index contributed by atoms with van der Waals surface area (Å²) in [5.41, 5.74) is 1.48. The van der Waals surface area contributed by atoms with Crippen molar-refractivity contribution < 1.29 is 0 Å². The molecule has 0 aromatic heterocycles. The van der Waals surface area contributed by atoms with E-state index in [2.05, 4.69) is 76.1 Å². The largest absolute Gasteiger partial charge is 0.355 e. The van der Waals surface area contributed by atoms with E-state index >= 15 is 0 Å². The molecule has 28 heavy (non-hydrogen) atoms. The minimum Gasteiger partial charge on any atom is -0.355 e. The Morgan fingerprint density at radius 3 is 2.46 bits per heavy atom. The molecule has 2 fully saturated rings. The van der Waals surface area contributed by atoms with E-state index < -0.39 is 0 Å². The van der Waals surface area contributed by atoms with Gasteiger partial charge in [0.25, 0.3) is 0 Å². The molecular weight excluding hydrogens is 346 g/mol. The number of rotatable bonds is 5. The molecule has 156 valence electrons. The van der Waals surface area contributed by atoms with Crippen molar-refractivity contribution in [1.82, 2.24) is 20.0 Å². The van der Waals surface area contributed by atoms with Crippen LogP contribution in [0.2, 0.25) is 0 Å². The predicted octanol–water partition coefficient (Wildman–Crippen LogP) is 2.71. The molecule has 1 aromatic rings. The van der Waals surface area contributed by atoms with Crippen LogP contribution in [-0.4, -0.2) is 86.1 Å². The fourth-order valence-corrected chi connectivity index (χ4v) is 4.75. The number of guanidine groups is 1. The Hall–Kier alpha value is -1.59. The molecule has 5 nitrogen and oxygen atoms in total. The summed E-state index contributed by atoms with van der Waals surface area (Å²) in [5.74, 6) is 2.36. The summed E-state index contributed by atoms with van der Waals surface area (Å²) in [4.78, 5) is 12.2. The number of likely N-dealkylation sites (tertiary alicyclic amines) is 1. The molecule has 3 unspecified atom stereocenters. The van der Waals surface area contributed by atoms with E-state index in [1.165, 1.54) is 44.7 Å². The van der Waals surface area contributed by atoms with Crippen LogP contribution in [0.1, 0.15) is 38.7 Å². The van der Waals surface area contributed by atoms with Crippen LogP contribution in [0.25, 0.3) is 0 Å². The monoisotopic (exact) mass is 385 g/mol. The summed E-state index contributed by atoms with van der Waals surface area (Å²) in [6.45, 7) is 16.0. The number of aliphatic imine (C=N–C) groups is 1. The van der Waals surface area contributed by atoms with E-state index in [0.29, 0.717) is 17.9 Å². The summed E-state index contributed by atoms with van der Waals surface area (Å²) in [7, 11) is 1.92. The van der Waals surface area contributed by atoms with Crippen LogP contribution in [-0.2, 0) is 0 Å². The first-order valence-corrected chi connectivity index (χ1v) is 11.1. The highest BCUT2D eigenvalue weighted by Crippen LogP contribution is 2.32. The number of nitrogens with one attached hydrogen (secondary N) is 1. The van der Waals surface area contributed by atoms with Crippen molar-refractivity contribution >= 4 is 5.96 Å². The first kappa shape index (κ1) is 21.1. The number of hydrogen-bond donors (Lipinski definition) is 1. The molecule has 0 spiro atoms. The third-order valence-electron chi connectivity index (χ3n) is 6.68. The smallest absolute Gasteiger partial charge is 0.193 e. The number of piperidine rings is 1. The number of piperazine rings is 1. The molecule has 3 rings (SSSR count). The van der Waals surface area contributed by atoms with Crippen molar-refractivity contribution in [1.29, 1.82) is 0 Å². The average molecular weight is 386 g/mol. The van der Waals surface area contributed by atoms with E-state index in [9.17, 15) is 0 Å². The molecule has 2 saturated heterocycles. The van der Waals surface area contributed by atoms with Crippen molar-refractivity contribution in [2.75, 3.05) is 59.4 Å². The molecule has 2 aliphatic heterocycles. The number of hydrogen-bond acceptors (Lipinski definition) is 3. The van der Waals surface area contributed by atoms with Gasteiger partial charge in [0.1, 0.15) is 0 Å². The topological polar surface area (TPSA) is 34.1 Å². The maximum Gasteiger partial charge on any atom is 0.193 e. The summed E-state index contributed by atoms with van der Waals surface area (Å²) >= 11 is 0. The Balaban J connectivity index is 1.48. The standard InChI is InChI=1S/C23H39N5/c1-5-26-13-15-27(16-14-26)20(3)17-25-23(24-4)28-12-11-22(19(2)18-28)21-9-7-6-8-10-21/h6-10,19-20,22H,5,11-18H2,1-4H3,(H,24,25). The van der Waals surface area contributed by atoms with Crippen LogP contribution in [0.15, 0.2) is 35.3 Å². The van der Waals surface area contributed by atoms with Crippen molar-refractivity contribution in [3.05, 3.63) is 35.9 Å². The average Bonchev–Trinajstić information content (AvgIpc) is 2.75. The highest BCUT2D eigenvalue weighted by molar-refractivity contribution is 5.80. The quantitative estimate of drug-likeness (QED) is 0.624. The number of benzene rings is 1. The molecule has 0 bridgehead atoms. The minimum absolute atomic E-state index is 0.537. The number of likely N-dealkylation sites (N-methyl/N-ethyl adjacent to an activating group) is 1. The highest BCUT2D eigenvalue weighted by Gasteiger charge is 2.29. The van der Waals surface area contributed by atoms with Crippen LogP contribution in [0.3, 0.4) is 0 Å². The molecule has 1 aromatic carbocycles. The zero-order chi connectivity index (χ0) is 19.9. The van der Waals surface area contributed by atoms with Gasteiger partial charge in [-0.15, -0.1) is 0 Å². The van der Waals surface area contributed by atoms with Gasteiger partial charge in [0.05, 0.1) is 0 Å². The summed E-state index contributed by atoms with van der Waals surface area (Å²) in [5, 5.41) is 3.66. The first-order chi connectivity index (χ1) is 13.6. The van der Waals surface area contributed by atoms with Gasteiger partial charge in [0.15, 0.2) is 5.96 Å². The molecule has 0 radical (unpaired) electrons. The van der Waals surface area contributed by atoms with Gasteiger partial charge in [0.2, 0.25) is 0 Å². The second-order valence-electron chi connectivity index (χ2n) is 8.48. The maximum absolute atomic E-state index is 4.59. The normalized spacial score (nSPS) is 26.3. The van der Waals surface area contributed by atoms with Gasteiger partial charge in [-0.25, -0.2) is 0 Å².